The Morgan fingerprint density at radius 3 is 1.72 bits per heavy atom. The maximum Gasteiger partial charge on any atom is 0.0808 e. The van der Waals surface area contributed by atoms with Crippen LogP contribution in [-0.2, 0) is 14.3 Å². The van der Waals surface area contributed by atoms with Crippen molar-refractivity contribution in [2.24, 2.45) is 0 Å². The van der Waals surface area contributed by atoms with E-state index < -0.39 is 0 Å². The molecule has 1 aliphatic heterocycles. The lowest BCUT2D eigenvalue weighted by molar-refractivity contribution is -0.0411. The van der Waals surface area contributed by atoms with Gasteiger partial charge in [0.15, 0.2) is 0 Å². The lowest BCUT2D eigenvalue weighted by Gasteiger charge is -2.22. The van der Waals surface area contributed by atoms with Crippen LogP contribution in [0.3, 0.4) is 0 Å². The number of hydrogen-bond donors (Lipinski definition) is 1. The predicted molar refractivity (Wildman–Crippen MR) is 156 cm³/mol. The molecule has 0 aromatic heterocycles. The first-order valence-electron chi connectivity index (χ1n) is 16.4. The zero-order valence-corrected chi connectivity index (χ0v) is 24.7. The summed E-state index contributed by atoms with van der Waals surface area (Å²) in [5.41, 5.74) is 3.46. The minimum absolute atomic E-state index is 0.350. The van der Waals surface area contributed by atoms with Crippen LogP contribution in [-0.4, -0.2) is 38.6 Å². The summed E-state index contributed by atoms with van der Waals surface area (Å²) in [6.07, 6.45) is 32.1. The highest BCUT2D eigenvalue weighted by atomic mass is 16.6. The van der Waals surface area contributed by atoms with E-state index in [1.807, 2.05) is 0 Å². The van der Waals surface area contributed by atoms with Gasteiger partial charge in [-0.3, -0.25) is 0 Å². The van der Waals surface area contributed by atoms with E-state index in [1.54, 1.807) is 0 Å². The molecule has 216 valence electrons. The van der Waals surface area contributed by atoms with Crippen molar-refractivity contribution in [1.29, 1.82) is 0 Å². The molecule has 2 atom stereocenters. The Kier molecular flexibility index (Phi) is 26.2. The molecule has 0 aliphatic carbocycles. The number of hydrogen-bond acceptors (Lipinski definition) is 4. The van der Waals surface area contributed by atoms with Crippen molar-refractivity contribution in [3.8, 4) is 0 Å². The summed E-state index contributed by atoms with van der Waals surface area (Å²) in [5.74, 6) is 0. The molecule has 0 radical (unpaired) electrons. The smallest absolute Gasteiger partial charge is 0.0808 e. The van der Waals surface area contributed by atoms with Crippen molar-refractivity contribution in [3.05, 3.63) is 0 Å². The number of rotatable bonds is 28. The number of unbranched alkanes of at least 4 members (excludes halogenated alkanes) is 16. The first-order chi connectivity index (χ1) is 17.9. The van der Waals surface area contributed by atoms with Gasteiger partial charge in [-0.25, -0.2) is 0 Å². The van der Waals surface area contributed by atoms with Crippen LogP contribution in [0.25, 0.3) is 0 Å². The molecular formula is C32H65NO3. The Labute approximate surface area is 226 Å². The van der Waals surface area contributed by atoms with Crippen LogP contribution in [0.1, 0.15) is 168 Å². The van der Waals surface area contributed by atoms with Crippen LogP contribution in [0.15, 0.2) is 0 Å². The van der Waals surface area contributed by atoms with E-state index >= 15 is 0 Å². The van der Waals surface area contributed by atoms with Gasteiger partial charge in [-0.1, -0.05) is 123 Å². The first-order valence-corrected chi connectivity index (χ1v) is 16.4. The van der Waals surface area contributed by atoms with Gasteiger partial charge in [0.05, 0.1) is 19.3 Å². The molecule has 0 amide bonds. The van der Waals surface area contributed by atoms with Crippen molar-refractivity contribution >= 4 is 0 Å². The van der Waals surface area contributed by atoms with Crippen LogP contribution in [0.4, 0.5) is 0 Å². The van der Waals surface area contributed by atoms with Crippen LogP contribution in [0, 0.1) is 0 Å². The largest absolute Gasteiger partial charge is 0.379 e. The molecular weight excluding hydrogens is 446 g/mol. The van der Waals surface area contributed by atoms with Gasteiger partial charge in [0.1, 0.15) is 0 Å². The van der Waals surface area contributed by atoms with E-state index in [-0.39, 0.29) is 0 Å². The maximum absolute atomic E-state index is 5.94. The molecule has 1 fully saturated rings. The first kappa shape index (κ1) is 33.9. The molecule has 2 unspecified atom stereocenters. The van der Waals surface area contributed by atoms with Gasteiger partial charge in [-0.2, -0.15) is 5.48 Å². The van der Waals surface area contributed by atoms with Crippen LogP contribution < -0.4 is 5.48 Å². The Morgan fingerprint density at radius 2 is 1.17 bits per heavy atom. The second kappa shape index (κ2) is 27.9. The minimum atomic E-state index is 0.350. The molecule has 0 aromatic rings. The van der Waals surface area contributed by atoms with Crippen molar-refractivity contribution in [1.82, 2.24) is 5.48 Å². The van der Waals surface area contributed by atoms with E-state index in [2.05, 4.69) is 19.3 Å². The lowest BCUT2D eigenvalue weighted by atomic mass is 10.0. The SMILES string of the molecule is CCCCCCCCCCONC(CCCCCCCCC)CCCCCCOCC1CCCCO1. The molecule has 36 heavy (non-hydrogen) atoms. The van der Waals surface area contributed by atoms with Gasteiger partial charge in [0.2, 0.25) is 0 Å². The van der Waals surface area contributed by atoms with Crippen LogP contribution in [0.2, 0.25) is 0 Å². The Bertz CT molecular complexity index is 414. The molecule has 1 N–H and O–H groups in total. The summed E-state index contributed by atoms with van der Waals surface area (Å²) in [6.45, 7) is 8.05. The highest BCUT2D eigenvalue weighted by molar-refractivity contribution is 4.64. The van der Waals surface area contributed by atoms with Crippen LogP contribution in [0.5, 0.6) is 0 Å². The van der Waals surface area contributed by atoms with E-state index in [0.717, 1.165) is 26.4 Å². The fraction of sp³-hybridized carbons (Fsp3) is 1.00. The summed E-state index contributed by atoms with van der Waals surface area (Å²) in [7, 11) is 0. The zero-order chi connectivity index (χ0) is 25.8. The van der Waals surface area contributed by atoms with Gasteiger partial charge >= 0.3 is 0 Å². The number of hydroxylamine groups is 1. The zero-order valence-electron chi connectivity index (χ0n) is 24.7. The quantitative estimate of drug-likeness (QED) is 0.0838. The van der Waals surface area contributed by atoms with Gasteiger partial charge in [-0.05, 0) is 44.9 Å². The van der Waals surface area contributed by atoms with E-state index in [9.17, 15) is 0 Å². The van der Waals surface area contributed by atoms with Crippen molar-refractivity contribution in [2.45, 2.75) is 180 Å². The normalized spacial score (nSPS) is 17.0. The minimum Gasteiger partial charge on any atom is -0.379 e. The Hall–Kier alpha value is -0.160. The Morgan fingerprint density at radius 1 is 0.639 bits per heavy atom. The van der Waals surface area contributed by atoms with Crippen molar-refractivity contribution < 1.29 is 14.3 Å². The third-order valence-corrected chi connectivity index (χ3v) is 7.68. The van der Waals surface area contributed by atoms with Gasteiger partial charge < -0.3 is 14.3 Å². The maximum atomic E-state index is 5.94. The summed E-state index contributed by atoms with van der Waals surface area (Å²) in [4.78, 5) is 5.94. The van der Waals surface area contributed by atoms with Gasteiger partial charge in [0.25, 0.3) is 0 Å². The number of ether oxygens (including phenoxy) is 2. The summed E-state index contributed by atoms with van der Waals surface area (Å²) >= 11 is 0. The van der Waals surface area contributed by atoms with Gasteiger partial charge in [0, 0.05) is 19.3 Å². The molecule has 0 spiro atoms. The summed E-state index contributed by atoms with van der Waals surface area (Å²) in [6, 6.07) is 0.523. The molecule has 0 bridgehead atoms. The molecule has 1 aliphatic rings. The monoisotopic (exact) mass is 511 g/mol. The van der Waals surface area contributed by atoms with Gasteiger partial charge in [-0.15, -0.1) is 0 Å². The highest BCUT2D eigenvalue weighted by Gasteiger charge is 2.13. The summed E-state index contributed by atoms with van der Waals surface area (Å²) in [5, 5.41) is 0. The third-order valence-electron chi connectivity index (χ3n) is 7.68. The average Bonchev–Trinajstić information content (AvgIpc) is 2.90. The lowest BCUT2D eigenvalue weighted by Crippen LogP contribution is -2.29. The molecule has 4 heteroatoms. The second-order valence-corrected chi connectivity index (χ2v) is 11.3. The average molecular weight is 512 g/mol. The van der Waals surface area contributed by atoms with Crippen molar-refractivity contribution in [3.63, 3.8) is 0 Å². The highest BCUT2D eigenvalue weighted by Crippen LogP contribution is 2.16. The fourth-order valence-corrected chi connectivity index (χ4v) is 5.20. The third kappa shape index (κ3) is 23.0. The molecule has 1 saturated heterocycles. The second-order valence-electron chi connectivity index (χ2n) is 11.3. The molecule has 0 saturated carbocycles. The fourth-order valence-electron chi connectivity index (χ4n) is 5.20. The number of nitrogens with one attached hydrogen (secondary N) is 1. The standard InChI is InChI=1S/C32H65NO3/c1-3-5-7-9-11-13-16-22-29-36-33-31(24-18-14-12-10-8-6-4-2)25-19-15-17-21-27-34-30-32-26-20-23-28-35-32/h31-33H,3-30H2,1-2H3. The van der Waals surface area contributed by atoms with E-state index in [4.69, 9.17) is 14.3 Å². The predicted octanol–water partition coefficient (Wildman–Crippen LogP) is 9.69. The summed E-state index contributed by atoms with van der Waals surface area (Å²) < 4.78 is 11.6. The van der Waals surface area contributed by atoms with Crippen molar-refractivity contribution in [2.75, 3.05) is 26.4 Å². The molecule has 4 nitrogen and oxygen atoms in total. The van der Waals surface area contributed by atoms with Crippen LogP contribution >= 0.6 is 0 Å². The van der Waals surface area contributed by atoms with E-state index in [1.165, 1.54) is 154 Å². The Balaban J connectivity index is 2.05. The molecule has 0 aromatic carbocycles. The van der Waals surface area contributed by atoms with E-state index in [0.29, 0.717) is 12.1 Å². The topological polar surface area (TPSA) is 39.7 Å². The molecule has 1 heterocycles. The molecule has 1 rings (SSSR count).